The maximum atomic E-state index is 13.1. The molecule has 1 aromatic heterocycles. The minimum atomic E-state index is -4.89. The molecule has 1 atom stereocenters. The second-order valence-electron chi connectivity index (χ2n) is 4.51. The smallest absolute Gasteiger partial charge is 0.435 e. The number of aromatic nitrogens is 3. The molecule has 0 N–H and O–H groups in total. The first kappa shape index (κ1) is 15.7. The summed E-state index contributed by atoms with van der Waals surface area (Å²) in [6.45, 7) is 1.33. The topological polar surface area (TPSA) is 91.2 Å². The Labute approximate surface area is 118 Å². The highest BCUT2D eigenvalue weighted by Crippen LogP contribution is 2.35. The molecular weight excluding hydrogens is 315 g/mol. The number of alkyl halides is 3. The van der Waals surface area contributed by atoms with Crippen molar-refractivity contribution in [3.63, 3.8) is 0 Å². The molecule has 1 aromatic rings. The number of sulfone groups is 1. The minimum absolute atomic E-state index is 0.00294. The first-order valence-electron chi connectivity index (χ1n) is 6.05. The van der Waals surface area contributed by atoms with Gasteiger partial charge in [0.2, 0.25) is 5.69 Å². The summed E-state index contributed by atoms with van der Waals surface area (Å²) in [5, 5.41) is 6.53. The number of ether oxygens (including phenoxy) is 1. The van der Waals surface area contributed by atoms with Crippen molar-refractivity contribution in [3.8, 4) is 0 Å². The van der Waals surface area contributed by atoms with Gasteiger partial charge in [-0.25, -0.2) is 17.9 Å². The number of hydrogen-bond acceptors (Lipinski definition) is 6. The molecule has 0 spiro atoms. The Morgan fingerprint density at radius 1 is 1.48 bits per heavy atom. The summed E-state index contributed by atoms with van der Waals surface area (Å²) < 4.78 is 67.1. The zero-order valence-corrected chi connectivity index (χ0v) is 11.7. The van der Waals surface area contributed by atoms with Gasteiger partial charge >= 0.3 is 12.1 Å². The van der Waals surface area contributed by atoms with Gasteiger partial charge in [0.05, 0.1) is 24.2 Å². The molecule has 1 unspecified atom stereocenters. The van der Waals surface area contributed by atoms with Crippen LogP contribution >= 0.6 is 0 Å². The number of carbonyl (C=O) groups is 1. The Bertz CT molecular complexity index is 653. The number of carbonyl (C=O) groups excluding carboxylic acids is 1. The second kappa shape index (κ2) is 5.28. The number of esters is 1. The molecule has 0 radical (unpaired) electrons. The van der Waals surface area contributed by atoms with E-state index >= 15 is 0 Å². The summed E-state index contributed by atoms with van der Waals surface area (Å²) in [4.78, 5) is 11.5. The Morgan fingerprint density at radius 2 is 2.14 bits per heavy atom. The molecule has 0 saturated carbocycles. The normalized spacial score (nSPS) is 21.4. The third kappa shape index (κ3) is 3.17. The van der Waals surface area contributed by atoms with Crippen LogP contribution in [-0.2, 0) is 20.8 Å². The van der Waals surface area contributed by atoms with E-state index in [1.807, 2.05) is 0 Å². The summed E-state index contributed by atoms with van der Waals surface area (Å²) in [5.74, 6) is -1.91. The van der Waals surface area contributed by atoms with Gasteiger partial charge in [-0.2, -0.15) is 13.2 Å². The van der Waals surface area contributed by atoms with Gasteiger partial charge in [-0.3, -0.25) is 0 Å². The standard InChI is InChI=1S/C10H12F3N3O4S/c1-2-20-9(17)7-8(10(11,12)13)16(15-14-7)6-3-4-21(18,19)5-6/h6H,2-5H2,1H3. The lowest BCUT2D eigenvalue weighted by atomic mass is 10.2. The van der Waals surface area contributed by atoms with Crippen LogP contribution in [0, 0.1) is 0 Å². The molecule has 11 heteroatoms. The van der Waals surface area contributed by atoms with Crippen LogP contribution < -0.4 is 0 Å². The van der Waals surface area contributed by atoms with Gasteiger partial charge < -0.3 is 4.74 Å². The van der Waals surface area contributed by atoms with E-state index in [-0.39, 0.29) is 18.8 Å². The van der Waals surface area contributed by atoms with Crippen molar-refractivity contribution in [2.45, 2.75) is 25.6 Å². The average Bonchev–Trinajstić information content (AvgIpc) is 2.91. The average molecular weight is 327 g/mol. The van der Waals surface area contributed by atoms with Crippen LogP contribution in [0.1, 0.15) is 35.6 Å². The van der Waals surface area contributed by atoms with Crippen LogP contribution in [0.3, 0.4) is 0 Å². The molecule has 0 aromatic carbocycles. The van der Waals surface area contributed by atoms with E-state index in [1.165, 1.54) is 6.92 Å². The van der Waals surface area contributed by atoms with Gasteiger partial charge in [-0.05, 0) is 13.3 Å². The van der Waals surface area contributed by atoms with E-state index in [1.54, 1.807) is 0 Å². The highest BCUT2D eigenvalue weighted by molar-refractivity contribution is 7.91. The van der Waals surface area contributed by atoms with Crippen LogP contribution in [0.5, 0.6) is 0 Å². The van der Waals surface area contributed by atoms with Crippen molar-refractivity contribution < 1.29 is 31.1 Å². The molecule has 1 fully saturated rings. The molecule has 2 heterocycles. The van der Waals surface area contributed by atoms with Crippen molar-refractivity contribution in [1.82, 2.24) is 15.0 Å². The predicted octanol–water partition coefficient (Wildman–Crippen LogP) is 0.833. The molecule has 21 heavy (non-hydrogen) atoms. The van der Waals surface area contributed by atoms with Crippen LogP contribution in [0.25, 0.3) is 0 Å². The molecule has 2 rings (SSSR count). The third-order valence-electron chi connectivity index (χ3n) is 2.99. The van der Waals surface area contributed by atoms with Crippen LogP contribution in [0.2, 0.25) is 0 Å². The Kier molecular flexibility index (Phi) is 3.95. The van der Waals surface area contributed by atoms with Crippen molar-refractivity contribution in [2.24, 2.45) is 0 Å². The lowest BCUT2D eigenvalue weighted by Gasteiger charge is -2.14. The molecule has 0 aliphatic carbocycles. The van der Waals surface area contributed by atoms with E-state index in [0.29, 0.717) is 4.68 Å². The minimum Gasteiger partial charge on any atom is -0.461 e. The SMILES string of the molecule is CCOC(=O)c1nnn(C2CCS(=O)(=O)C2)c1C(F)(F)F. The highest BCUT2D eigenvalue weighted by atomic mass is 32.2. The quantitative estimate of drug-likeness (QED) is 0.764. The molecule has 1 saturated heterocycles. The number of rotatable bonds is 3. The van der Waals surface area contributed by atoms with Crippen LogP contribution in [0.4, 0.5) is 13.2 Å². The molecule has 0 bridgehead atoms. The predicted molar refractivity (Wildman–Crippen MR) is 63.3 cm³/mol. The Hall–Kier alpha value is -1.65. The lowest BCUT2D eigenvalue weighted by Crippen LogP contribution is -2.23. The number of nitrogens with zero attached hydrogens (tertiary/aromatic N) is 3. The van der Waals surface area contributed by atoms with Crippen molar-refractivity contribution in [3.05, 3.63) is 11.4 Å². The van der Waals surface area contributed by atoms with Crippen molar-refractivity contribution in [2.75, 3.05) is 18.1 Å². The molecule has 118 valence electrons. The fourth-order valence-corrected chi connectivity index (χ4v) is 3.81. The van der Waals surface area contributed by atoms with Gasteiger partial charge in [0.15, 0.2) is 15.5 Å². The summed E-state index contributed by atoms with van der Waals surface area (Å²) in [5.41, 5.74) is -2.32. The summed E-state index contributed by atoms with van der Waals surface area (Å²) in [6.07, 6.45) is -4.89. The summed E-state index contributed by atoms with van der Waals surface area (Å²) in [6, 6.07) is -0.984. The lowest BCUT2D eigenvalue weighted by molar-refractivity contribution is -0.145. The number of hydrogen-bond donors (Lipinski definition) is 0. The molecule has 1 aliphatic heterocycles. The van der Waals surface area contributed by atoms with Crippen LogP contribution in [0.15, 0.2) is 0 Å². The van der Waals surface area contributed by atoms with E-state index in [9.17, 15) is 26.4 Å². The van der Waals surface area contributed by atoms with E-state index in [4.69, 9.17) is 0 Å². The van der Waals surface area contributed by atoms with Gasteiger partial charge in [0.25, 0.3) is 0 Å². The largest absolute Gasteiger partial charge is 0.461 e. The van der Waals surface area contributed by atoms with E-state index in [2.05, 4.69) is 15.0 Å². The van der Waals surface area contributed by atoms with Gasteiger partial charge in [-0.1, -0.05) is 5.21 Å². The van der Waals surface area contributed by atoms with Gasteiger partial charge in [0.1, 0.15) is 0 Å². The van der Waals surface area contributed by atoms with Crippen molar-refractivity contribution in [1.29, 1.82) is 0 Å². The highest BCUT2D eigenvalue weighted by Gasteiger charge is 2.45. The number of halogens is 3. The summed E-state index contributed by atoms with van der Waals surface area (Å²) in [7, 11) is -3.40. The molecule has 1 aliphatic rings. The first-order valence-corrected chi connectivity index (χ1v) is 7.87. The second-order valence-corrected chi connectivity index (χ2v) is 6.74. The maximum Gasteiger partial charge on any atom is 0.435 e. The van der Waals surface area contributed by atoms with Gasteiger partial charge in [-0.15, -0.1) is 5.10 Å². The fraction of sp³-hybridized carbons (Fsp3) is 0.700. The maximum absolute atomic E-state index is 13.1. The third-order valence-corrected chi connectivity index (χ3v) is 4.74. The Morgan fingerprint density at radius 3 is 2.62 bits per heavy atom. The zero-order valence-electron chi connectivity index (χ0n) is 10.9. The monoisotopic (exact) mass is 327 g/mol. The molecular formula is C10H12F3N3O4S. The Balaban J connectivity index is 2.46. The molecule has 7 nitrogen and oxygen atoms in total. The first-order chi connectivity index (χ1) is 9.65. The summed E-state index contributed by atoms with van der Waals surface area (Å²) >= 11 is 0. The van der Waals surface area contributed by atoms with Crippen LogP contribution in [-0.4, -0.2) is 47.5 Å². The molecule has 0 amide bonds. The van der Waals surface area contributed by atoms with E-state index in [0.717, 1.165) is 0 Å². The van der Waals surface area contributed by atoms with Gasteiger partial charge in [0, 0.05) is 0 Å². The fourth-order valence-electron chi connectivity index (χ4n) is 2.12. The zero-order chi connectivity index (χ0) is 15.8. The van der Waals surface area contributed by atoms with Crippen molar-refractivity contribution >= 4 is 15.8 Å². The van der Waals surface area contributed by atoms with E-state index < -0.39 is 45.2 Å².